The van der Waals surface area contributed by atoms with Crippen molar-refractivity contribution in [2.75, 3.05) is 51.4 Å². The first-order chi connectivity index (χ1) is 21.3. The van der Waals surface area contributed by atoms with Crippen molar-refractivity contribution in [3.8, 4) is 35.4 Å². The molecule has 3 fully saturated rings. The largest absolute Gasteiger partial charge is 0.508 e. The number of aromatic hydroxyl groups is 1. The number of halogens is 3. The molecule has 3 atom stereocenters. The van der Waals surface area contributed by atoms with Gasteiger partial charge in [0, 0.05) is 42.8 Å². The van der Waals surface area contributed by atoms with Gasteiger partial charge < -0.3 is 19.5 Å². The smallest absolute Gasteiger partial charge is 0.318 e. The predicted octanol–water partition coefficient (Wildman–Crippen LogP) is 5.48. The van der Waals surface area contributed by atoms with Crippen LogP contribution in [0.4, 0.5) is 19.0 Å². The van der Waals surface area contributed by atoms with Gasteiger partial charge in [-0.1, -0.05) is 18.9 Å². The number of terminal acetylenes is 1. The van der Waals surface area contributed by atoms with Crippen molar-refractivity contribution < 1.29 is 27.8 Å². The second kappa shape index (κ2) is 12.5. The Bertz CT molecular complexity index is 1730. The predicted molar refractivity (Wildman–Crippen MR) is 163 cm³/mol. The molecule has 44 heavy (non-hydrogen) atoms. The van der Waals surface area contributed by atoms with Gasteiger partial charge in [0.1, 0.15) is 34.8 Å². The molecule has 230 valence electrons. The normalized spacial score (nSPS) is 21.9. The molecule has 5 heterocycles. The molecule has 2 aromatic heterocycles. The van der Waals surface area contributed by atoms with Gasteiger partial charge in [0.2, 0.25) is 0 Å². The number of phenols is 1. The summed E-state index contributed by atoms with van der Waals surface area (Å²) in [5.74, 6) is 1.53. The molecule has 0 bridgehead atoms. The number of alkyl halides is 1. The molecule has 0 radical (unpaired) electrons. The van der Waals surface area contributed by atoms with Crippen molar-refractivity contribution >= 4 is 27.5 Å². The summed E-state index contributed by atoms with van der Waals surface area (Å²) < 4.78 is 54.1. The lowest BCUT2D eigenvalue weighted by molar-refractivity contribution is 0.129. The Kier molecular flexibility index (Phi) is 8.47. The van der Waals surface area contributed by atoms with Crippen LogP contribution in [0.25, 0.3) is 32.9 Å². The fourth-order valence-corrected chi connectivity index (χ4v) is 6.49. The van der Waals surface area contributed by atoms with Crippen LogP contribution in [0.5, 0.6) is 11.8 Å². The van der Waals surface area contributed by atoms with Crippen LogP contribution < -0.4 is 9.64 Å². The van der Waals surface area contributed by atoms with Crippen molar-refractivity contribution in [2.45, 2.75) is 38.4 Å². The minimum Gasteiger partial charge on any atom is -0.508 e. The molecule has 3 unspecified atom stereocenters. The van der Waals surface area contributed by atoms with Gasteiger partial charge in [-0.05, 0) is 55.3 Å². The van der Waals surface area contributed by atoms with Crippen molar-refractivity contribution in [1.82, 2.24) is 19.9 Å². The minimum atomic E-state index is -0.761. The molecular weight excluding hydrogens is 571 g/mol. The van der Waals surface area contributed by atoms with Gasteiger partial charge >= 0.3 is 6.01 Å². The van der Waals surface area contributed by atoms with E-state index >= 15 is 4.39 Å². The van der Waals surface area contributed by atoms with E-state index in [9.17, 15) is 13.9 Å². The first kappa shape index (κ1) is 29.9. The number of methoxy groups -OCH3 is 1. The molecule has 11 heteroatoms. The van der Waals surface area contributed by atoms with Gasteiger partial charge in [0.25, 0.3) is 0 Å². The van der Waals surface area contributed by atoms with Gasteiger partial charge in [0.05, 0.1) is 31.3 Å². The van der Waals surface area contributed by atoms with Crippen molar-refractivity contribution in [3.05, 3.63) is 47.7 Å². The summed E-state index contributed by atoms with van der Waals surface area (Å²) in [7, 11) is 1.41. The van der Waals surface area contributed by atoms with Crippen LogP contribution in [0.15, 0.2) is 30.5 Å². The van der Waals surface area contributed by atoms with E-state index in [2.05, 4.69) is 32.7 Å². The summed E-state index contributed by atoms with van der Waals surface area (Å²) in [6, 6.07) is 6.04. The number of nitrogens with zero attached hydrogens (tertiary/aromatic N) is 5. The number of fused-ring (bicyclic) bond motifs is 3. The Labute approximate surface area is 253 Å². The zero-order valence-corrected chi connectivity index (χ0v) is 24.7. The molecule has 3 saturated heterocycles. The van der Waals surface area contributed by atoms with Gasteiger partial charge in [-0.3, -0.25) is 9.88 Å². The molecule has 0 aliphatic carbocycles. The van der Waals surface area contributed by atoms with Gasteiger partial charge in [-0.2, -0.15) is 9.97 Å². The summed E-state index contributed by atoms with van der Waals surface area (Å²) in [4.78, 5) is 17.4. The van der Waals surface area contributed by atoms with Gasteiger partial charge in [-0.25, -0.2) is 13.2 Å². The summed E-state index contributed by atoms with van der Waals surface area (Å²) in [5, 5.41) is 11.4. The molecule has 0 amide bonds. The molecule has 0 saturated carbocycles. The minimum absolute atomic E-state index is 0.00232. The zero-order chi connectivity index (χ0) is 31.0. The Balaban J connectivity index is 0.000000323. The highest BCUT2D eigenvalue weighted by Gasteiger charge is 2.34. The van der Waals surface area contributed by atoms with Crippen LogP contribution in [0, 0.1) is 29.9 Å². The lowest BCUT2D eigenvalue weighted by Crippen LogP contribution is -2.30. The van der Waals surface area contributed by atoms with Crippen molar-refractivity contribution in [1.29, 1.82) is 0 Å². The number of aromatic nitrogens is 3. The molecule has 2 aromatic carbocycles. The third-order valence-electron chi connectivity index (χ3n) is 8.48. The number of hydrogen-bond donors (Lipinski definition) is 1. The average Bonchev–Trinajstić information content (AvgIpc) is 3.51. The third-order valence-corrected chi connectivity index (χ3v) is 8.48. The van der Waals surface area contributed by atoms with Crippen LogP contribution in [0.2, 0.25) is 0 Å². The van der Waals surface area contributed by atoms with Crippen LogP contribution in [0.1, 0.15) is 31.7 Å². The van der Waals surface area contributed by atoms with E-state index in [0.29, 0.717) is 55.5 Å². The molecule has 7 rings (SSSR count). The Morgan fingerprint density at radius 3 is 2.77 bits per heavy atom. The number of anilines is 1. The third kappa shape index (κ3) is 5.72. The number of ether oxygens (including phenoxy) is 2. The van der Waals surface area contributed by atoms with E-state index in [1.54, 1.807) is 0 Å². The van der Waals surface area contributed by atoms with E-state index in [1.165, 1.54) is 50.4 Å². The number of pyridine rings is 1. The second-order valence-corrected chi connectivity index (χ2v) is 11.6. The molecule has 4 aromatic rings. The summed E-state index contributed by atoms with van der Waals surface area (Å²) in [6.07, 6.45) is 9.86. The Hall–Kier alpha value is -4.14. The monoisotopic (exact) mass is 605 g/mol. The average molecular weight is 606 g/mol. The number of hydrogen-bond acceptors (Lipinski definition) is 8. The van der Waals surface area contributed by atoms with Crippen LogP contribution in [-0.2, 0) is 4.74 Å². The maximum atomic E-state index is 16.1. The lowest BCUT2D eigenvalue weighted by Gasteiger charge is -2.24. The molecule has 3 aliphatic heterocycles. The van der Waals surface area contributed by atoms with E-state index in [0.717, 1.165) is 13.0 Å². The van der Waals surface area contributed by atoms with Crippen molar-refractivity contribution in [3.63, 3.8) is 0 Å². The molecule has 8 nitrogen and oxygen atoms in total. The van der Waals surface area contributed by atoms with Crippen LogP contribution in [0.3, 0.4) is 0 Å². The highest BCUT2D eigenvalue weighted by molar-refractivity contribution is 6.03. The van der Waals surface area contributed by atoms with E-state index < -0.39 is 17.8 Å². The van der Waals surface area contributed by atoms with Crippen LogP contribution >= 0.6 is 0 Å². The zero-order valence-electron chi connectivity index (χ0n) is 24.7. The highest BCUT2D eigenvalue weighted by Crippen LogP contribution is 2.38. The quantitative estimate of drug-likeness (QED) is 0.308. The van der Waals surface area contributed by atoms with E-state index in [-0.39, 0.29) is 45.4 Å². The fourth-order valence-electron chi connectivity index (χ4n) is 6.49. The van der Waals surface area contributed by atoms with Crippen molar-refractivity contribution in [2.24, 2.45) is 5.92 Å². The SMILES string of the molecule is C#Cc1c(F)ccc2cc(O)cc(-c3ncc4c(N5CCOCC(C)C5)nc(OC)nc4c3F)c12.FC1CC2CCCN2C1. The standard InChI is InChI=1S/C26H22F2N4O3.C7H12FN/c1-4-17-20(27)6-5-15-9-16(33)10-18(21(15)17)23-22(28)24-19(11-29-23)25(31-26(30-24)34-3)32-7-8-35-13-14(2)12-32;8-6-4-7-2-1-3-9(7)5-6/h1,5-6,9-11,14,33H,7-8,12-13H2,2-3H3;6-7H,1-5H2. The van der Waals surface area contributed by atoms with Gasteiger partial charge in [0.15, 0.2) is 5.82 Å². The molecule has 3 aliphatic rings. The maximum Gasteiger partial charge on any atom is 0.318 e. The fraction of sp³-hybridized carbons (Fsp3) is 0.424. The Morgan fingerprint density at radius 2 is 2.00 bits per heavy atom. The number of benzene rings is 2. The number of phenolic OH excluding ortho intramolecular Hbond substituents is 1. The van der Waals surface area contributed by atoms with Crippen LogP contribution in [-0.4, -0.2) is 83.7 Å². The summed E-state index contributed by atoms with van der Waals surface area (Å²) >= 11 is 0. The summed E-state index contributed by atoms with van der Waals surface area (Å²) in [6.45, 7) is 6.25. The maximum absolute atomic E-state index is 16.1. The first-order valence-electron chi connectivity index (χ1n) is 14.8. The molecule has 0 spiro atoms. The topological polar surface area (TPSA) is 83.8 Å². The first-order valence-corrected chi connectivity index (χ1v) is 14.8. The van der Waals surface area contributed by atoms with E-state index in [4.69, 9.17) is 15.9 Å². The lowest BCUT2D eigenvalue weighted by atomic mass is 9.96. The van der Waals surface area contributed by atoms with E-state index in [1.807, 2.05) is 4.90 Å². The second-order valence-electron chi connectivity index (χ2n) is 11.6. The molecular formula is C33H34F3N5O3. The van der Waals surface area contributed by atoms with Gasteiger partial charge in [-0.15, -0.1) is 6.42 Å². The number of rotatable bonds is 3. The Morgan fingerprint density at radius 1 is 1.16 bits per heavy atom. The summed E-state index contributed by atoms with van der Waals surface area (Å²) in [5.41, 5.74) is -0.0225. The highest BCUT2D eigenvalue weighted by atomic mass is 19.1. The molecule has 1 N–H and O–H groups in total.